The Morgan fingerprint density at radius 3 is 2.48 bits per heavy atom. The zero-order valence-corrected chi connectivity index (χ0v) is 12.8. The molecule has 1 aromatic rings. The van der Waals surface area contributed by atoms with Crippen LogP contribution in [0.5, 0.6) is 0 Å². The van der Waals surface area contributed by atoms with Crippen LogP contribution in [-0.4, -0.2) is 44.3 Å². The van der Waals surface area contributed by atoms with Crippen LogP contribution in [0.15, 0.2) is 24.3 Å². The van der Waals surface area contributed by atoms with E-state index in [0.29, 0.717) is 12.0 Å². The van der Waals surface area contributed by atoms with Crippen molar-refractivity contribution in [2.45, 2.75) is 19.4 Å². The molecule has 1 aromatic carbocycles. The Morgan fingerprint density at radius 1 is 1.33 bits per heavy atom. The average molecular weight is 314 g/mol. The standard InChI is InChI=1S/C13H22N4O3S/c1-2-7-21(19,20)17-9-12(18)8-16-11-5-3-10(4-6-11)13(14)15/h3-6,12,16-18H,2,7-9H2,1H3,(H3,14,15). The van der Waals surface area contributed by atoms with Crippen LogP contribution in [0.3, 0.4) is 0 Å². The fraction of sp³-hybridized carbons (Fsp3) is 0.462. The fourth-order valence-corrected chi connectivity index (χ4v) is 2.77. The van der Waals surface area contributed by atoms with Gasteiger partial charge < -0.3 is 16.2 Å². The van der Waals surface area contributed by atoms with Crippen molar-refractivity contribution in [3.05, 3.63) is 29.8 Å². The number of rotatable bonds is 9. The summed E-state index contributed by atoms with van der Waals surface area (Å²) in [5.41, 5.74) is 6.73. The minimum absolute atomic E-state index is 0.00749. The van der Waals surface area contributed by atoms with Crippen LogP contribution in [0.1, 0.15) is 18.9 Å². The van der Waals surface area contributed by atoms with Crippen LogP contribution in [0.25, 0.3) is 0 Å². The van der Waals surface area contributed by atoms with E-state index in [1.807, 2.05) is 0 Å². The summed E-state index contributed by atoms with van der Waals surface area (Å²) in [5, 5.41) is 20.0. The summed E-state index contributed by atoms with van der Waals surface area (Å²) in [5.74, 6) is 0.0477. The van der Waals surface area contributed by atoms with Crippen LogP contribution >= 0.6 is 0 Å². The Morgan fingerprint density at radius 2 is 1.95 bits per heavy atom. The maximum absolute atomic E-state index is 11.4. The molecule has 0 saturated heterocycles. The van der Waals surface area contributed by atoms with Gasteiger partial charge in [0.05, 0.1) is 11.9 Å². The van der Waals surface area contributed by atoms with E-state index >= 15 is 0 Å². The second kappa shape index (κ2) is 7.96. The number of hydrogen-bond acceptors (Lipinski definition) is 5. The van der Waals surface area contributed by atoms with Crippen molar-refractivity contribution in [1.82, 2.24) is 4.72 Å². The summed E-state index contributed by atoms with van der Waals surface area (Å²) >= 11 is 0. The van der Waals surface area contributed by atoms with E-state index < -0.39 is 16.1 Å². The molecule has 6 N–H and O–H groups in total. The van der Waals surface area contributed by atoms with Crippen molar-refractivity contribution in [1.29, 1.82) is 5.41 Å². The number of aliphatic hydroxyl groups is 1. The number of sulfonamides is 1. The van der Waals surface area contributed by atoms with Gasteiger partial charge in [-0.2, -0.15) is 0 Å². The molecule has 1 unspecified atom stereocenters. The molecule has 0 aliphatic rings. The highest BCUT2D eigenvalue weighted by molar-refractivity contribution is 7.89. The summed E-state index contributed by atoms with van der Waals surface area (Å²) in [7, 11) is -3.30. The molecular formula is C13H22N4O3S. The van der Waals surface area contributed by atoms with Gasteiger partial charge in [0.1, 0.15) is 5.84 Å². The maximum atomic E-state index is 11.4. The van der Waals surface area contributed by atoms with Gasteiger partial charge in [-0.15, -0.1) is 0 Å². The molecule has 7 nitrogen and oxygen atoms in total. The van der Waals surface area contributed by atoms with Gasteiger partial charge in [0.2, 0.25) is 10.0 Å². The number of anilines is 1. The molecule has 0 heterocycles. The molecule has 0 aliphatic carbocycles. The van der Waals surface area contributed by atoms with Gasteiger partial charge in [-0.1, -0.05) is 6.92 Å². The molecule has 0 saturated carbocycles. The molecule has 0 aliphatic heterocycles. The highest BCUT2D eigenvalue weighted by Gasteiger charge is 2.11. The number of nitrogens with one attached hydrogen (secondary N) is 3. The molecule has 0 radical (unpaired) electrons. The first-order valence-corrected chi connectivity index (χ1v) is 8.33. The number of nitrogens with two attached hydrogens (primary N) is 1. The van der Waals surface area contributed by atoms with E-state index in [1.54, 1.807) is 31.2 Å². The van der Waals surface area contributed by atoms with E-state index in [1.165, 1.54) is 0 Å². The van der Waals surface area contributed by atoms with Crippen molar-refractivity contribution in [3.8, 4) is 0 Å². The molecule has 0 fully saturated rings. The maximum Gasteiger partial charge on any atom is 0.211 e. The molecule has 1 atom stereocenters. The normalized spacial score (nSPS) is 12.9. The summed E-state index contributed by atoms with van der Waals surface area (Å²) in [6.07, 6.45) is -0.296. The molecule has 1 rings (SSSR count). The third-order valence-corrected chi connectivity index (χ3v) is 4.30. The smallest absolute Gasteiger partial charge is 0.211 e. The first-order valence-electron chi connectivity index (χ1n) is 6.68. The van der Waals surface area contributed by atoms with Crippen LogP contribution in [-0.2, 0) is 10.0 Å². The predicted octanol–water partition coefficient (Wildman–Crippen LogP) is 0.0729. The van der Waals surface area contributed by atoms with Crippen LogP contribution in [0.2, 0.25) is 0 Å². The highest BCUT2D eigenvalue weighted by Crippen LogP contribution is 2.08. The van der Waals surface area contributed by atoms with Gasteiger partial charge >= 0.3 is 0 Å². The van der Waals surface area contributed by atoms with Crippen LogP contribution < -0.4 is 15.8 Å². The molecule has 118 valence electrons. The Labute approximate surface area is 125 Å². The number of hydrogen-bond donors (Lipinski definition) is 5. The SMILES string of the molecule is CCCS(=O)(=O)NCC(O)CNc1ccc(C(=N)N)cc1. The Balaban J connectivity index is 2.39. The minimum Gasteiger partial charge on any atom is -0.390 e. The van der Waals surface area contributed by atoms with Crippen molar-refractivity contribution in [3.63, 3.8) is 0 Å². The zero-order chi connectivity index (χ0) is 15.9. The van der Waals surface area contributed by atoms with Gasteiger partial charge in [-0.3, -0.25) is 5.41 Å². The molecule has 21 heavy (non-hydrogen) atoms. The van der Waals surface area contributed by atoms with Gasteiger partial charge in [0.15, 0.2) is 0 Å². The van der Waals surface area contributed by atoms with Crippen LogP contribution in [0.4, 0.5) is 5.69 Å². The second-order valence-corrected chi connectivity index (χ2v) is 6.62. The lowest BCUT2D eigenvalue weighted by molar-refractivity contribution is 0.191. The Bertz CT molecular complexity index is 557. The van der Waals surface area contributed by atoms with Gasteiger partial charge in [0, 0.05) is 24.3 Å². The average Bonchev–Trinajstić information content (AvgIpc) is 2.43. The lowest BCUT2D eigenvalue weighted by atomic mass is 10.2. The summed E-state index contributed by atoms with van der Waals surface area (Å²) in [6.45, 7) is 1.97. The topological polar surface area (TPSA) is 128 Å². The Kier molecular flexibility index (Phi) is 6.60. The lowest BCUT2D eigenvalue weighted by Gasteiger charge is -2.14. The molecule has 0 bridgehead atoms. The van der Waals surface area contributed by atoms with Gasteiger partial charge in [-0.25, -0.2) is 13.1 Å². The number of benzene rings is 1. The third kappa shape index (κ3) is 6.56. The number of nitrogen functional groups attached to an aromatic ring is 1. The first-order chi connectivity index (χ1) is 9.84. The van der Waals surface area contributed by atoms with Crippen LogP contribution in [0, 0.1) is 5.41 Å². The van der Waals surface area contributed by atoms with E-state index in [9.17, 15) is 13.5 Å². The minimum atomic E-state index is -3.30. The lowest BCUT2D eigenvalue weighted by Crippen LogP contribution is -2.36. The largest absolute Gasteiger partial charge is 0.390 e. The van der Waals surface area contributed by atoms with Crippen molar-refractivity contribution in [2.75, 3.05) is 24.2 Å². The zero-order valence-electron chi connectivity index (χ0n) is 12.0. The van der Waals surface area contributed by atoms with E-state index in [2.05, 4.69) is 10.0 Å². The molecule has 0 spiro atoms. The van der Waals surface area contributed by atoms with Crippen molar-refractivity contribution < 1.29 is 13.5 Å². The summed E-state index contributed by atoms with van der Waals surface area (Å²) in [4.78, 5) is 0. The van der Waals surface area contributed by atoms with E-state index in [4.69, 9.17) is 11.1 Å². The second-order valence-electron chi connectivity index (χ2n) is 4.69. The number of aliphatic hydroxyl groups excluding tert-OH is 1. The fourth-order valence-electron chi connectivity index (χ4n) is 1.64. The molecule has 8 heteroatoms. The third-order valence-electron chi connectivity index (χ3n) is 2.75. The quantitative estimate of drug-likeness (QED) is 0.325. The van der Waals surface area contributed by atoms with Gasteiger partial charge in [0.25, 0.3) is 0 Å². The van der Waals surface area contributed by atoms with Crippen molar-refractivity contribution >= 4 is 21.5 Å². The highest BCUT2D eigenvalue weighted by atomic mass is 32.2. The predicted molar refractivity (Wildman–Crippen MR) is 84.0 cm³/mol. The van der Waals surface area contributed by atoms with E-state index in [0.717, 1.165) is 5.69 Å². The van der Waals surface area contributed by atoms with Crippen molar-refractivity contribution in [2.24, 2.45) is 5.73 Å². The van der Waals surface area contributed by atoms with Gasteiger partial charge in [-0.05, 0) is 30.7 Å². The molecule has 0 amide bonds. The summed E-state index contributed by atoms with van der Waals surface area (Å²) in [6, 6.07) is 6.87. The monoisotopic (exact) mass is 314 g/mol. The first kappa shape index (κ1) is 17.4. The molecular weight excluding hydrogens is 292 g/mol. The number of amidine groups is 1. The summed E-state index contributed by atoms with van der Waals surface area (Å²) < 4.78 is 25.2. The Hall–Kier alpha value is -1.64. The van der Waals surface area contributed by atoms with E-state index in [-0.39, 0.29) is 24.7 Å². The molecule has 0 aromatic heterocycles.